The Balaban J connectivity index is 2.59. The summed E-state index contributed by atoms with van der Waals surface area (Å²) in [7, 11) is 0. The minimum atomic E-state index is 0.585. The molecule has 0 saturated heterocycles. The summed E-state index contributed by atoms with van der Waals surface area (Å²) in [6.45, 7) is 1.79. The Morgan fingerprint density at radius 1 is 1.07 bits per heavy atom. The summed E-state index contributed by atoms with van der Waals surface area (Å²) in [4.78, 5) is 0. The second-order valence-electron chi connectivity index (χ2n) is 3.40. The van der Waals surface area contributed by atoms with E-state index in [1.807, 2.05) is 30.7 Å². The van der Waals surface area contributed by atoms with Crippen LogP contribution in [0, 0.1) is 11.8 Å². The van der Waals surface area contributed by atoms with Gasteiger partial charge in [0.15, 0.2) is 0 Å². The zero-order valence-electron chi connectivity index (χ0n) is 8.12. The molecule has 2 aromatic carbocycles. The third kappa shape index (κ3) is 1.62. The average Bonchev–Trinajstić information content (AvgIpc) is 2.18. The Bertz CT molecular complexity index is 466. The molecule has 0 amide bonds. The molecule has 2 rings (SSSR count). The SMILES string of the molecule is CC(=N)[CH+]c1cccc2ccccc12. The van der Waals surface area contributed by atoms with Crippen molar-refractivity contribution in [2.24, 2.45) is 0 Å². The van der Waals surface area contributed by atoms with Crippen LogP contribution in [0.4, 0.5) is 0 Å². The average molecular weight is 182 g/mol. The van der Waals surface area contributed by atoms with Crippen molar-refractivity contribution in [2.45, 2.75) is 6.92 Å². The molecule has 0 atom stereocenters. The lowest BCUT2D eigenvalue weighted by Crippen LogP contribution is -1.92. The molecule has 14 heavy (non-hydrogen) atoms. The first-order chi connectivity index (χ1) is 6.77. The number of fused-ring (bicyclic) bond motifs is 1. The Labute approximate surface area is 83.9 Å². The number of hydrogen-bond donors (Lipinski definition) is 1. The molecule has 0 aliphatic heterocycles. The van der Waals surface area contributed by atoms with Crippen molar-refractivity contribution in [2.75, 3.05) is 0 Å². The van der Waals surface area contributed by atoms with Crippen LogP contribution in [0.25, 0.3) is 10.8 Å². The van der Waals surface area contributed by atoms with E-state index < -0.39 is 0 Å². The van der Waals surface area contributed by atoms with Gasteiger partial charge < -0.3 is 0 Å². The van der Waals surface area contributed by atoms with Gasteiger partial charge in [0.1, 0.15) is 5.56 Å². The van der Waals surface area contributed by atoms with E-state index in [2.05, 4.69) is 18.2 Å². The van der Waals surface area contributed by atoms with Crippen LogP contribution in [0.1, 0.15) is 12.5 Å². The molecule has 0 aliphatic rings. The largest absolute Gasteiger partial charge is 0.292 e. The lowest BCUT2D eigenvalue weighted by molar-refractivity contribution is 1.45. The standard InChI is InChI=1S/C13H12N/c1-10(14)9-12-7-4-6-11-5-2-3-8-13(11)12/h2-9,14H,1H3/q+1. The van der Waals surface area contributed by atoms with Gasteiger partial charge in [-0.3, -0.25) is 5.41 Å². The number of benzene rings is 2. The predicted octanol–water partition coefficient (Wildman–Crippen LogP) is 3.43. The second kappa shape index (κ2) is 3.54. The summed E-state index contributed by atoms with van der Waals surface area (Å²) in [5.41, 5.74) is 1.71. The van der Waals surface area contributed by atoms with Gasteiger partial charge in [0, 0.05) is 17.5 Å². The van der Waals surface area contributed by atoms with Crippen LogP contribution < -0.4 is 0 Å². The molecule has 1 nitrogen and oxygen atoms in total. The van der Waals surface area contributed by atoms with Crippen LogP contribution in [0.5, 0.6) is 0 Å². The fourth-order valence-corrected chi connectivity index (χ4v) is 1.61. The highest BCUT2D eigenvalue weighted by atomic mass is 14.4. The molecule has 2 aromatic rings. The van der Waals surface area contributed by atoms with Gasteiger partial charge >= 0.3 is 0 Å². The lowest BCUT2D eigenvalue weighted by Gasteiger charge is -1.96. The van der Waals surface area contributed by atoms with Crippen molar-refractivity contribution in [3.8, 4) is 0 Å². The molecule has 0 unspecified atom stereocenters. The van der Waals surface area contributed by atoms with Crippen LogP contribution in [-0.2, 0) is 0 Å². The van der Waals surface area contributed by atoms with E-state index >= 15 is 0 Å². The third-order valence-corrected chi connectivity index (χ3v) is 2.20. The van der Waals surface area contributed by atoms with Gasteiger partial charge in [-0.15, -0.1) is 0 Å². The first kappa shape index (κ1) is 8.82. The van der Waals surface area contributed by atoms with Crippen molar-refractivity contribution in [3.05, 3.63) is 54.4 Å². The van der Waals surface area contributed by atoms with Crippen molar-refractivity contribution in [1.82, 2.24) is 0 Å². The maximum Gasteiger partial charge on any atom is 0.144 e. The fourth-order valence-electron chi connectivity index (χ4n) is 1.61. The van der Waals surface area contributed by atoms with Gasteiger partial charge in [0.05, 0.1) is 17.5 Å². The third-order valence-electron chi connectivity index (χ3n) is 2.20. The molecule has 1 heteroatoms. The smallest absolute Gasteiger partial charge is 0.144 e. The van der Waals surface area contributed by atoms with Crippen molar-refractivity contribution in [1.29, 1.82) is 5.41 Å². The Kier molecular flexibility index (Phi) is 2.23. The highest BCUT2D eigenvalue weighted by molar-refractivity contribution is 5.97. The molecule has 68 valence electrons. The van der Waals surface area contributed by atoms with E-state index in [1.165, 1.54) is 10.8 Å². The maximum atomic E-state index is 7.45. The summed E-state index contributed by atoms with van der Waals surface area (Å²) in [6, 6.07) is 14.4. The molecule has 0 aromatic heterocycles. The van der Waals surface area contributed by atoms with E-state index in [4.69, 9.17) is 5.41 Å². The summed E-state index contributed by atoms with van der Waals surface area (Å²) in [5.74, 6) is 0. The van der Waals surface area contributed by atoms with Gasteiger partial charge in [-0.05, 0) is 31.2 Å². The normalized spacial score (nSPS) is 10.1. The second-order valence-corrected chi connectivity index (χ2v) is 3.40. The summed E-state index contributed by atoms with van der Waals surface area (Å²) >= 11 is 0. The lowest BCUT2D eigenvalue weighted by atomic mass is 10.0. The summed E-state index contributed by atoms with van der Waals surface area (Å²) < 4.78 is 0. The zero-order valence-corrected chi connectivity index (χ0v) is 8.12. The van der Waals surface area contributed by atoms with Crippen LogP contribution in [0.15, 0.2) is 42.5 Å². The van der Waals surface area contributed by atoms with E-state index in [0.717, 1.165) is 5.56 Å². The summed E-state index contributed by atoms with van der Waals surface area (Å²) in [5, 5.41) is 9.89. The number of nitrogens with one attached hydrogen (secondary N) is 1. The minimum absolute atomic E-state index is 0.585. The van der Waals surface area contributed by atoms with Gasteiger partial charge in [0.25, 0.3) is 0 Å². The molecule has 0 saturated carbocycles. The highest BCUT2D eigenvalue weighted by Crippen LogP contribution is 2.19. The first-order valence-corrected chi connectivity index (χ1v) is 4.65. The summed E-state index contributed by atoms with van der Waals surface area (Å²) in [6.07, 6.45) is 1.89. The van der Waals surface area contributed by atoms with E-state index in [-0.39, 0.29) is 0 Å². The fraction of sp³-hybridized carbons (Fsp3) is 0.0769. The molecule has 0 spiro atoms. The quantitative estimate of drug-likeness (QED) is 0.543. The molecular formula is C13H12N+. The maximum absolute atomic E-state index is 7.45. The molecule has 0 aliphatic carbocycles. The van der Waals surface area contributed by atoms with Gasteiger partial charge in [0.2, 0.25) is 0 Å². The van der Waals surface area contributed by atoms with Crippen LogP contribution in [-0.4, -0.2) is 5.71 Å². The van der Waals surface area contributed by atoms with Crippen molar-refractivity contribution < 1.29 is 0 Å². The van der Waals surface area contributed by atoms with Gasteiger partial charge in [-0.1, -0.05) is 6.07 Å². The van der Waals surface area contributed by atoms with Crippen LogP contribution >= 0.6 is 0 Å². The van der Waals surface area contributed by atoms with Crippen molar-refractivity contribution >= 4 is 16.5 Å². The van der Waals surface area contributed by atoms with Gasteiger partial charge in [-0.25, -0.2) is 0 Å². The Hall–Kier alpha value is -1.76. The van der Waals surface area contributed by atoms with E-state index in [9.17, 15) is 0 Å². The first-order valence-electron chi connectivity index (χ1n) is 4.65. The van der Waals surface area contributed by atoms with Crippen molar-refractivity contribution in [3.63, 3.8) is 0 Å². The topological polar surface area (TPSA) is 23.9 Å². The van der Waals surface area contributed by atoms with E-state index in [1.54, 1.807) is 6.92 Å². The Morgan fingerprint density at radius 3 is 2.57 bits per heavy atom. The molecule has 1 N–H and O–H groups in total. The van der Waals surface area contributed by atoms with Gasteiger partial charge in [-0.2, -0.15) is 0 Å². The highest BCUT2D eigenvalue weighted by Gasteiger charge is 2.09. The Morgan fingerprint density at radius 2 is 1.79 bits per heavy atom. The molecule has 0 radical (unpaired) electrons. The monoisotopic (exact) mass is 182 g/mol. The minimum Gasteiger partial charge on any atom is -0.292 e. The number of rotatable bonds is 2. The molecule has 0 heterocycles. The molecule has 0 bridgehead atoms. The predicted molar refractivity (Wildman–Crippen MR) is 60.8 cm³/mol. The van der Waals surface area contributed by atoms with E-state index in [0.29, 0.717) is 5.71 Å². The number of hydrogen-bond acceptors (Lipinski definition) is 1. The molecular weight excluding hydrogens is 170 g/mol. The zero-order chi connectivity index (χ0) is 9.97. The van der Waals surface area contributed by atoms with Crippen LogP contribution in [0.3, 0.4) is 0 Å². The molecule has 0 fully saturated rings. The van der Waals surface area contributed by atoms with Crippen LogP contribution in [0.2, 0.25) is 0 Å².